The number of aromatic hydroxyl groups is 1. The first-order chi connectivity index (χ1) is 19.5. The van der Waals surface area contributed by atoms with Crippen LogP contribution in [0.15, 0.2) is 71.7 Å². The summed E-state index contributed by atoms with van der Waals surface area (Å²) in [4.78, 5) is 15.1. The van der Waals surface area contributed by atoms with Gasteiger partial charge in [0.05, 0.1) is 35.7 Å². The first-order valence-corrected chi connectivity index (χ1v) is 14.2. The first kappa shape index (κ1) is 37.7. The van der Waals surface area contributed by atoms with Crippen LogP contribution in [0, 0.1) is 0 Å². The minimum atomic E-state index is -1.41. The van der Waals surface area contributed by atoms with Crippen LogP contribution in [0.2, 0.25) is 0 Å². The van der Waals surface area contributed by atoms with Crippen molar-refractivity contribution in [2.24, 2.45) is 0 Å². The van der Waals surface area contributed by atoms with Crippen molar-refractivity contribution >= 4 is 11.6 Å². The van der Waals surface area contributed by atoms with Crippen LogP contribution in [-0.4, -0.2) is 74.3 Å². The van der Waals surface area contributed by atoms with Crippen molar-refractivity contribution in [3.8, 4) is 5.75 Å². The summed E-state index contributed by atoms with van der Waals surface area (Å²) in [5, 5.41) is 52.5. The molecule has 41 heavy (non-hydrogen) atoms. The van der Waals surface area contributed by atoms with E-state index < -0.39 is 23.7 Å². The second-order valence-electron chi connectivity index (χ2n) is 10.1. The van der Waals surface area contributed by atoms with Gasteiger partial charge < -0.3 is 35.7 Å². The van der Waals surface area contributed by atoms with E-state index >= 15 is 0 Å². The van der Waals surface area contributed by atoms with Crippen molar-refractivity contribution < 1.29 is 30.3 Å². The molecule has 3 unspecified atom stereocenters. The monoisotopic (exact) mass is 572 g/mol. The van der Waals surface area contributed by atoms with E-state index in [-0.39, 0.29) is 23.5 Å². The fourth-order valence-electron chi connectivity index (χ4n) is 4.18. The number of hydrogen-bond donors (Lipinski definition) is 6. The Labute approximate surface area is 246 Å². The highest BCUT2D eigenvalue weighted by Crippen LogP contribution is 2.30. The Bertz CT molecular complexity index is 1070. The Hall–Kier alpha value is -3.29. The summed E-state index contributed by atoms with van der Waals surface area (Å²) in [7, 11) is 1.00. The van der Waals surface area contributed by atoms with E-state index in [1.54, 1.807) is 19.1 Å². The number of anilines is 1. The highest BCUT2D eigenvalue weighted by atomic mass is 16.3. The molecule has 1 aromatic carbocycles. The van der Waals surface area contributed by atoms with E-state index in [9.17, 15) is 25.2 Å². The molecule has 0 aliphatic heterocycles. The first-order valence-electron chi connectivity index (χ1n) is 14.2. The number of phenols is 1. The molecule has 1 aromatic rings. The van der Waals surface area contributed by atoms with Crippen LogP contribution in [0.25, 0.3) is 0 Å². The summed E-state index contributed by atoms with van der Waals surface area (Å²) in [6, 6.07) is 4.09. The molecule has 0 bridgehead atoms. The number of para-hydroxylation sites is 1. The highest BCUT2D eigenvalue weighted by Gasteiger charge is 2.36. The van der Waals surface area contributed by atoms with Gasteiger partial charge >= 0.3 is 0 Å². The van der Waals surface area contributed by atoms with Gasteiger partial charge in [-0.15, -0.1) is 5.73 Å². The van der Waals surface area contributed by atoms with Crippen LogP contribution in [0.4, 0.5) is 5.69 Å². The molecule has 0 radical (unpaired) electrons. The molecule has 0 fully saturated rings. The molecule has 0 spiro atoms. The maximum atomic E-state index is 13.7. The number of aliphatic hydroxyl groups is 4. The zero-order valence-corrected chi connectivity index (χ0v) is 25.9. The van der Waals surface area contributed by atoms with Crippen molar-refractivity contribution in [1.29, 1.82) is 0 Å². The minimum absolute atomic E-state index is 0.0697. The number of aliphatic hydroxyl groups excluding tert-OH is 3. The minimum Gasteiger partial charge on any atom is -0.516 e. The SMILES string of the molecule is C/C=C\CNc1c(O)cccc1C(=O)N(CC(O)C(O)(CC)CC/C=C(\C)CCC=C=C(C)C)C(C)/C=C/O.CO. The van der Waals surface area contributed by atoms with E-state index in [2.05, 4.69) is 24.0 Å². The third-order valence-electron chi connectivity index (χ3n) is 6.77. The lowest BCUT2D eigenvalue weighted by Gasteiger charge is -2.37. The fourth-order valence-corrected chi connectivity index (χ4v) is 4.18. The molecule has 0 heterocycles. The maximum absolute atomic E-state index is 13.7. The third-order valence-corrected chi connectivity index (χ3v) is 6.77. The molecule has 8 heteroatoms. The summed E-state index contributed by atoms with van der Waals surface area (Å²) in [5.41, 5.74) is 4.64. The largest absolute Gasteiger partial charge is 0.516 e. The molecule has 6 N–H and O–H groups in total. The lowest BCUT2D eigenvalue weighted by Crippen LogP contribution is -2.51. The van der Waals surface area contributed by atoms with Gasteiger partial charge in [0, 0.05) is 13.7 Å². The molecule has 1 rings (SSSR count). The van der Waals surface area contributed by atoms with Gasteiger partial charge in [0.25, 0.3) is 5.91 Å². The Balaban J connectivity index is 0.00000781. The van der Waals surface area contributed by atoms with Crippen LogP contribution in [-0.2, 0) is 0 Å². The van der Waals surface area contributed by atoms with Crippen molar-refractivity contribution in [2.75, 3.05) is 25.5 Å². The second-order valence-corrected chi connectivity index (χ2v) is 10.1. The fraction of sp³-hybridized carbons (Fsp3) is 0.515. The van der Waals surface area contributed by atoms with Gasteiger partial charge in [0.2, 0.25) is 0 Å². The summed E-state index contributed by atoms with van der Waals surface area (Å²) < 4.78 is 0. The van der Waals surface area contributed by atoms with Crippen molar-refractivity contribution in [2.45, 2.75) is 91.4 Å². The molecule has 3 atom stereocenters. The van der Waals surface area contributed by atoms with Gasteiger partial charge in [-0.1, -0.05) is 36.8 Å². The molecule has 0 aromatic heterocycles. The zero-order valence-electron chi connectivity index (χ0n) is 25.9. The average Bonchev–Trinajstić information content (AvgIpc) is 2.95. The van der Waals surface area contributed by atoms with Gasteiger partial charge in [-0.25, -0.2) is 0 Å². The molecule has 0 aliphatic rings. The number of hydrogen-bond acceptors (Lipinski definition) is 7. The molecular weight excluding hydrogens is 520 g/mol. The quantitative estimate of drug-likeness (QED) is 0.0617. The lowest BCUT2D eigenvalue weighted by atomic mass is 9.87. The van der Waals surface area contributed by atoms with E-state index in [0.717, 1.165) is 31.8 Å². The molecule has 0 saturated heterocycles. The van der Waals surface area contributed by atoms with Crippen LogP contribution < -0.4 is 5.32 Å². The Morgan fingerprint density at radius 2 is 1.88 bits per heavy atom. The molecule has 1 amide bonds. The Kier molecular flexibility index (Phi) is 18.9. The van der Waals surface area contributed by atoms with Crippen molar-refractivity contribution in [1.82, 2.24) is 4.90 Å². The Morgan fingerprint density at radius 1 is 1.20 bits per heavy atom. The van der Waals surface area contributed by atoms with Gasteiger partial charge in [0.15, 0.2) is 0 Å². The average molecular weight is 573 g/mol. The predicted molar refractivity (Wildman–Crippen MR) is 168 cm³/mol. The number of nitrogens with zero attached hydrogens (tertiary/aromatic N) is 1. The number of nitrogens with one attached hydrogen (secondary N) is 1. The topological polar surface area (TPSA) is 133 Å². The predicted octanol–water partition coefficient (Wildman–Crippen LogP) is 6.02. The van der Waals surface area contributed by atoms with E-state index in [0.29, 0.717) is 25.8 Å². The number of allylic oxidation sites excluding steroid dienone is 4. The lowest BCUT2D eigenvalue weighted by molar-refractivity contribution is -0.0911. The molecule has 0 saturated carbocycles. The smallest absolute Gasteiger partial charge is 0.256 e. The zero-order chi connectivity index (χ0) is 31.4. The number of carbonyl (C=O) groups excluding carboxylic acids is 1. The highest BCUT2D eigenvalue weighted by molar-refractivity contribution is 6.01. The van der Waals surface area contributed by atoms with Gasteiger partial charge in [-0.05, 0) is 96.6 Å². The van der Waals surface area contributed by atoms with Gasteiger partial charge in [0.1, 0.15) is 11.9 Å². The van der Waals surface area contributed by atoms with E-state index in [4.69, 9.17) is 5.11 Å². The standard InChI is InChI=1S/C32H48N2O5.CH4O/c1-7-9-21-33-30-27(17-12-18-28(30)36)31(38)34(26(6)19-22-35)23-29(37)32(39,8-2)20-13-16-25(5)15-11-10-14-24(3)4;1-2/h7,9-10,12,16-19,22,26,29,33,35-37,39H,8,11,13,15,20-21,23H2,1-6H3;2H,1H3/b9-7-,22-19+,25-16+;. The number of amides is 1. The number of rotatable bonds is 16. The number of benzene rings is 1. The van der Waals surface area contributed by atoms with Crippen LogP contribution >= 0.6 is 0 Å². The van der Waals surface area contributed by atoms with Crippen LogP contribution in [0.3, 0.4) is 0 Å². The van der Waals surface area contributed by atoms with E-state index in [1.807, 2.05) is 45.9 Å². The van der Waals surface area contributed by atoms with Gasteiger partial charge in [-0.3, -0.25) is 4.79 Å². The maximum Gasteiger partial charge on any atom is 0.256 e. The Morgan fingerprint density at radius 3 is 2.46 bits per heavy atom. The molecule has 230 valence electrons. The molecule has 0 aliphatic carbocycles. The van der Waals surface area contributed by atoms with Crippen molar-refractivity contribution in [3.63, 3.8) is 0 Å². The van der Waals surface area contributed by atoms with E-state index in [1.165, 1.54) is 22.6 Å². The normalized spacial score (nSPS) is 14.4. The summed E-state index contributed by atoms with van der Waals surface area (Å²) in [5.74, 6) is -0.517. The van der Waals surface area contributed by atoms with Crippen molar-refractivity contribution in [3.05, 3.63) is 77.3 Å². The third kappa shape index (κ3) is 13.3. The molecular formula is C33H52N2O6. The number of phenolic OH excluding ortho intramolecular Hbond substituents is 1. The van der Waals surface area contributed by atoms with Gasteiger partial charge in [-0.2, -0.15) is 0 Å². The summed E-state index contributed by atoms with van der Waals surface area (Å²) >= 11 is 0. The second kappa shape index (κ2) is 20.6. The van der Waals surface area contributed by atoms with Crippen LogP contribution in [0.5, 0.6) is 5.75 Å². The molecule has 8 nitrogen and oxygen atoms in total. The summed E-state index contributed by atoms with van der Waals surface area (Å²) in [6.07, 6.45) is 11.9. The summed E-state index contributed by atoms with van der Waals surface area (Å²) in [6.45, 7) is 11.7. The van der Waals surface area contributed by atoms with Crippen LogP contribution in [0.1, 0.15) is 84.0 Å². The number of carbonyl (C=O) groups is 1.